The fraction of sp³-hybridized carbons (Fsp3) is 0.625. The lowest BCUT2D eigenvalue weighted by Crippen LogP contribution is -2.38. The molecule has 4 nitrogen and oxygen atoms in total. The SMILES string of the molecule is CC(C)C1CCC(N)C(Cc2ccc(Cl)cc2[N+](=O)[O-])C1. The fourth-order valence-corrected chi connectivity index (χ4v) is 3.49. The highest BCUT2D eigenvalue weighted by Gasteiger charge is 2.31. The van der Waals surface area contributed by atoms with E-state index in [-0.39, 0.29) is 16.7 Å². The lowest BCUT2D eigenvalue weighted by Gasteiger charge is -2.36. The van der Waals surface area contributed by atoms with E-state index in [4.69, 9.17) is 17.3 Å². The van der Waals surface area contributed by atoms with E-state index in [0.29, 0.717) is 29.2 Å². The van der Waals surface area contributed by atoms with Crippen LogP contribution in [0.15, 0.2) is 18.2 Å². The van der Waals surface area contributed by atoms with Gasteiger partial charge in [-0.25, -0.2) is 0 Å². The molecule has 2 N–H and O–H groups in total. The van der Waals surface area contributed by atoms with Crippen LogP contribution in [0.1, 0.15) is 38.7 Å². The lowest BCUT2D eigenvalue weighted by molar-refractivity contribution is -0.385. The molecule has 5 heteroatoms. The Balaban J connectivity index is 2.18. The zero-order valence-corrected chi connectivity index (χ0v) is 13.3. The van der Waals surface area contributed by atoms with Gasteiger partial charge in [-0.05, 0) is 49.5 Å². The second-order valence-corrected chi connectivity index (χ2v) is 6.91. The molecule has 3 unspecified atom stereocenters. The third-order valence-corrected chi connectivity index (χ3v) is 4.99. The zero-order valence-electron chi connectivity index (χ0n) is 12.6. The number of hydrogen-bond acceptors (Lipinski definition) is 3. The van der Waals surface area contributed by atoms with Crippen molar-refractivity contribution in [2.24, 2.45) is 23.5 Å². The molecule has 0 amide bonds. The van der Waals surface area contributed by atoms with Gasteiger partial charge in [0.1, 0.15) is 0 Å². The first-order valence-electron chi connectivity index (χ1n) is 7.57. The zero-order chi connectivity index (χ0) is 15.6. The Hall–Kier alpha value is -1.13. The van der Waals surface area contributed by atoms with Crippen molar-refractivity contribution in [1.29, 1.82) is 0 Å². The number of benzene rings is 1. The van der Waals surface area contributed by atoms with Gasteiger partial charge in [0.05, 0.1) is 4.92 Å². The molecule has 0 heterocycles. The smallest absolute Gasteiger partial charge is 0.274 e. The van der Waals surface area contributed by atoms with Gasteiger partial charge in [-0.15, -0.1) is 0 Å². The molecule has 1 aromatic rings. The summed E-state index contributed by atoms with van der Waals surface area (Å²) in [5, 5.41) is 11.6. The Morgan fingerprint density at radius 3 is 2.76 bits per heavy atom. The highest BCUT2D eigenvalue weighted by molar-refractivity contribution is 6.30. The lowest BCUT2D eigenvalue weighted by atomic mass is 9.72. The maximum atomic E-state index is 11.2. The van der Waals surface area contributed by atoms with E-state index in [1.54, 1.807) is 12.1 Å². The summed E-state index contributed by atoms with van der Waals surface area (Å²) in [6.45, 7) is 4.48. The van der Waals surface area contributed by atoms with Crippen LogP contribution in [-0.2, 0) is 6.42 Å². The molecule has 0 bridgehead atoms. The summed E-state index contributed by atoms with van der Waals surface area (Å²) in [6.07, 6.45) is 3.89. The molecule has 2 rings (SSSR count). The molecule has 0 saturated heterocycles. The first kappa shape index (κ1) is 16.2. The molecule has 116 valence electrons. The molecule has 0 aromatic heterocycles. The summed E-state index contributed by atoms with van der Waals surface area (Å²) >= 11 is 5.87. The summed E-state index contributed by atoms with van der Waals surface area (Å²) in [6, 6.07) is 5.06. The van der Waals surface area contributed by atoms with Gasteiger partial charge < -0.3 is 5.73 Å². The van der Waals surface area contributed by atoms with Crippen molar-refractivity contribution in [1.82, 2.24) is 0 Å². The third-order valence-electron chi connectivity index (χ3n) is 4.75. The summed E-state index contributed by atoms with van der Waals surface area (Å²) in [5.41, 5.74) is 7.11. The maximum absolute atomic E-state index is 11.2. The first-order chi connectivity index (χ1) is 9.88. The topological polar surface area (TPSA) is 69.2 Å². The number of nitro groups is 1. The number of halogens is 1. The van der Waals surface area contributed by atoms with Crippen molar-refractivity contribution in [2.45, 2.75) is 45.6 Å². The largest absolute Gasteiger partial charge is 0.327 e. The van der Waals surface area contributed by atoms with Crippen LogP contribution < -0.4 is 5.73 Å². The monoisotopic (exact) mass is 310 g/mol. The quantitative estimate of drug-likeness (QED) is 0.669. The molecule has 1 aromatic carbocycles. The van der Waals surface area contributed by atoms with Crippen molar-refractivity contribution < 1.29 is 4.92 Å². The first-order valence-corrected chi connectivity index (χ1v) is 7.94. The Morgan fingerprint density at radius 1 is 1.43 bits per heavy atom. The Labute approximate surface area is 130 Å². The van der Waals surface area contributed by atoms with Gasteiger partial charge >= 0.3 is 0 Å². The van der Waals surface area contributed by atoms with Crippen molar-refractivity contribution in [3.8, 4) is 0 Å². The van der Waals surface area contributed by atoms with E-state index in [1.165, 1.54) is 6.07 Å². The number of rotatable bonds is 4. The van der Waals surface area contributed by atoms with Crippen LogP contribution in [-0.4, -0.2) is 11.0 Å². The summed E-state index contributed by atoms with van der Waals surface area (Å²) in [4.78, 5) is 10.8. The molecule has 0 spiro atoms. The average Bonchev–Trinajstić information content (AvgIpc) is 2.42. The predicted molar refractivity (Wildman–Crippen MR) is 85.5 cm³/mol. The summed E-state index contributed by atoms with van der Waals surface area (Å²) in [5.74, 6) is 1.62. The van der Waals surface area contributed by atoms with E-state index in [9.17, 15) is 10.1 Å². The summed E-state index contributed by atoms with van der Waals surface area (Å²) < 4.78 is 0. The number of nitrogens with two attached hydrogens (primary N) is 1. The molecule has 1 aliphatic carbocycles. The van der Waals surface area contributed by atoms with E-state index in [2.05, 4.69) is 13.8 Å². The van der Waals surface area contributed by atoms with Gasteiger partial charge in [-0.3, -0.25) is 10.1 Å². The molecule has 0 radical (unpaired) electrons. The van der Waals surface area contributed by atoms with Crippen molar-refractivity contribution >= 4 is 17.3 Å². The average molecular weight is 311 g/mol. The Bertz CT molecular complexity index is 519. The van der Waals surface area contributed by atoms with Gasteiger partial charge in [0.25, 0.3) is 5.69 Å². The van der Waals surface area contributed by atoms with Gasteiger partial charge in [0.15, 0.2) is 0 Å². The highest BCUT2D eigenvalue weighted by atomic mass is 35.5. The molecule has 0 aliphatic heterocycles. The highest BCUT2D eigenvalue weighted by Crippen LogP contribution is 2.36. The van der Waals surface area contributed by atoms with Crippen LogP contribution in [0.25, 0.3) is 0 Å². The summed E-state index contributed by atoms with van der Waals surface area (Å²) in [7, 11) is 0. The molecular formula is C16H23ClN2O2. The van der Waals surface area contributed by atoms with E-state index >= 15 is 0 Å². The molecule has 21 heavy (non-hydrogen) atoms. The van der Waals surface area contributed by atoms with Gasteiger partial charge in [0, 0.05) is 22.7 Å². The normalized spacial score (nSPS) is 26.0. The van der Waals surface area contributed by atoms with E-state index in [0.717, 1.165) is 24.8 Å². The van der Waals surface area contributed by atoms with Crippen molar-refractivity contribution in [2.75, 3.05) is 0 Å². The molecule has 1 saturated carbocycles. The standard InChI is InChI=1S/C16H23ClN2O2/c1-10(2)11-4-6-15(18)13(7-11)8-12-3-5-14(17)9-16(12)19(20)21/h3,5,9-11,13,15H,4,6-8,18H2,1-2H3. The van der Waals surface area contributed by atoms with E-state index in [1.807, 2.05) is 0 Å². The molecule has 3 atom stereocenters. The minimum absolute atomic E-state index is 0.112. The Morgan fingerprint density at radius 2 is 2.14 bits per heavy atom. The van der Waals surface area contributed by atoms with Crippen LogP contribution in [0, 0.1) is 27.9 Å². The minimum Gasteiger partial charge on any atom is -0.327 e. The van der Waals surface area contributed by atoms with Crippen LogP contribution >= 0.6 is 11.6 Å². The third kappa shape index (κ3) is 3.95. The maximum Gasteiger partial charge on any atom is 0.274 e. The van der Waals surface area contributed by atoms with Crippen LogP contribution in [0.4, 0.5) is 5.69 Å². The van der Waals surface area contributed by atoms with Crippen LogP contribution in [0.2, 0.25) is 5.02 Å². The minimum atomic E-state index is -0.352. The van der Waals surface area contributed by atoms with Gasteiger partial charge in [0.2, 0.25) is 0 Å². The molecule has 1 fully saturated rings. The second-order valence-electron chi connectivity index (χ2n) is 6.48. The van der Waals surface area contributed by atoms with Crippen molar-refractivity contribution in [3.63, 3.8) is 0 Å². The number of nitrogens with zero attached hydrogens (tertiary/aromatic N) is 1. The number of hydrogen-bond donors (Lipinski definition) is 1. The van der Waals surface area contributed by atoms with Gasteiger partial charge in [-0.2, -0.15) is 0 Å². The molecule has 1 aliphatic rings. The number of nitro benzene ring substituents is 1. The predicted octanol–water partition coefficient (Wildman–Crippen LogP) is 4.19. The molecular weight excluding hydrogens is 288 g/mol. The second kappa shape index (κ2) is 6.75. The van der Waals surface area contributed by atoms with Crippen LogP contribution in [0.5, 0.6) is 0 Å². The van der Waals surface area contributed by atoms with E-state index < -0.39 is 0 Å². The van der Waals surface area contributed by atoms with Gasteiger partial charge in [-0.1, -0.05) is 31.5 Å². The van der Waals surface area contributed by atoms with Crippen molar-refractivity contribution in [3.05, 3.63) is 38.9 Å². The fourth-order valence-electron chi connectivity index (χ4n) is 3.33. The van der Waals surface area contributed by atoms with Crippen LogP contribution in [0.3, 0.4) is 0 Å². The Kier molecular flexibility index (Phi) is 5.22.